The van der Waals surface area contributed by atoms with Crippen LogP contribution in [0.1, 0.15) is 17.3 Å². The summed E-state index contributed by atoms with van der Waals surface area (Å²) in [5.74, 6) is -1.13. The predicted octanol–water partition coefficient (Wildman–Crippen LogP) is 2.94. The number of Topliss-reactive ketones (excluding diaryl/α,β-unsaturated/α-hetero) is 1. The standard InChI is InChI=1S/C9H8F3NOS/c1-6(14)7-2-3-8(13-4-7)15-5-9(10,11)12/h2-4H,5H2,1H3. The maximum absolute atomic E-state index is 11.8. The number of nitrogens with zero attached hydrogens (tertiary/aromatic N) is 1. The fourth-order valence-corrected chi connectivity index (χ4v) is 1.43. The molecule has 15 heavy (non-hydrogen) atoms. The Morgan fingerprint density at radius 3 is 2.53 bits per heavy atom. The molecular formula is C9H8F3NOS. The summed E-state index contributed by atoms with van der Waals surface area (Å²) < 4.78 is 35.5. The van der Waals surface area contributed by atoms with Crippen molar-refractivity contribution in [3.63, 3.8) is 0 Å². The van der Waals surface area contributed by atoms with Crippen molar-refractivity contribution in [1.82, 2.24) is 4.98 Å². The fraction of sp³-hybridized carbons (Fsp3) is 0.333. The summed E-state index contributed by atoms with van der Waals surface area (Å²) in [6, 6.07) is 2.88. The van der Waals surface area contributed by atoms with Crippen molar-refractivity contribution in [1.29, 1.82) is 0 Å². The third-order valence-electron chi connectivity index (χ3n) is 1.53. The SMILES string of the molecule is CC(=O)c1ccc(SCC(F)(F)F)nc1. The molecule has 0 saturated carbocycles. The van der Waals surface area contributed by atoms with E-state index in [1.165, 1.54) is 25.3 Å². The van der Waals surface area contributed by atoms with E-state index in [0.717, 1.165) is 0 Å². The first kappa shape index (κ1) is 12.0. The Morgan fingerprint density at radius 2 is 2.13 bits per heavy atom. The molecule has 0 spiro atoms. The van der Waals surface area contributed by atoms with Crippen molar-refractivity contribution in [3.05, 3.63) is 23.9 Å². The molecule has 0 aromatic carbocycles. The van der Waals surface area contributed by atoms with Crippen molar-refractivity contribution in [3.8, 4) is 0 Å². The number of carbonyl (C=O) groups excluding carboxylic acids is 1. The second-order valence-electron chi connectivity index (χ2n) is 2.85. The summed E-state index contributed by atoms with van der Waals surface area (Å²) >= 11 is 0.600. The number of hydrogen-bond acceptors (Lipinski definition) is 3. The highest BCUT2D eigenvalue weighted by Gasteiger charge is 2.27. The highest BCUT2D eigenvalue weighted by molar-refractivity contribution is 7.99. The highest BCUT2D eigenvalue weighted by Crippen LogP contribution is 2.25. The van der Waals surface area contributed by atoms with Crippen molar-refractivity contribution in [2.24, 2.45) is 0 Å². The molecule has 0 aliphatic carbocycles. The van der Waals surface area contributed by atoms with E-state index >= 15 is 0 Å². The van der Waals surface area contributed by atoms with E-state index in [2.05, 4.69) is 4.98 Å². The smallest absolute Gasteiger partial charge is 0.294 e. The number of ketones is 1. The zero-order chi connectivity index (χ0) is 11.5. The van der Waals surface area contributed by atoms with Gasteiger partial charge in [-0.2, -0.15) is 13.2 Å². The minimum absolute atomic E-state index is 0.158. The average molecular weight is 235 g/mol. The first-order chi connectivity index (χ1) is 6.88. The number of aromatic nitrogens is 1. The lowest BCUT2D eigenvalue weighted by Crippen LogP contribution is -2.10. The average Bonchev–Trinajstić information content (AvgIpc) is 2.14. The van der Waals surface area contributed by atoms with Gasteiger partial charge in [0.2, 0.25) is 0 Å². The van der Waals surface area contributed by atoms with E-state index in [9.17, 15) is 18.0 Å². The Balaban J connectivity index is 2.61. The van der Waals surface area contributed by atoms with Gasteiger partial charge in [0.1, 0.15) is 0 Å². The van der Waals surface area contributed by atoms with Crippen LogP contribution in [0.2, 0.25) is 0 Å². The molecule has 0 fully saturated rings. The Hall–Kier alpha value is -1.04. The zero-order valence-electron chi connectivity index (χ0n) is 7.84. The second-order valence-corrected chi connectivity index (χ2v) is 3.84. The summed E-state index contributed by atoms with van der Waals surface area (Å²) in [4.78, 5) is 14.6. The van der Waals surface area contributed by atoms with Gasteiger partial charge < -0.3 is 0 Å². The number of thioether (sulfide) groups is 1. The highest BCUT2D eigenvalue weighted by atomic mass is 32.2. The Kier molecular flexibility index (Phi) is 3.73. The van der Waals surface area contributed by atoms with E-state index in [4.69, 9.17) is 0 Å². The van der Waals surface area contributed by atoms with Crippen molar-refractivity contribution >= 4 is 17.5 Å². The van der Waals surface area contributed by atoms with E-state index in [1.807, 2.05) is 0 Å². The van der Waals surface area contributed by atoms with Crippen LogP contribution >= 0.6 is 11.8 Å². The number of halogens is 3. The minimum Gasteiger partial charge on any atom is -0.294 e. The largest absolute Gasteiger partial charge is 0.398 e. The molecule has 0 amide bonds. The van der Waals surface area contributed by atoms with Crippen LogP contribution in [0.5, 0.6) is 0 Å². The molecular weight excluding hydrogens is 227 g/mol. The molecule has 0 aliphatic heterocycles. The molecule has 1 aromatic heterocycles. The molecule has 0 radical (unpaired) electrons. The first-order valence-electron chi connectivity index (χ1n) is 4.05. The number of pyridine rings is 1. The third kappa shape index (κ3) is 4.33. The van der Waals surface area contributed by atoms with Gasteiger partial charge >= 0.3 is 6.18 Å². The molecule has 0 unspecified atom stereocenters. The van der Waals surface area contributed by atoms with Gasteiger partial charge in [0, 0.05) is 11.8 Å². The van der Waals surface area contributed by atoms with Gasteiger partial charge in [0.15, 0.2) is 5.78 Å². The number of alkyl halides is 3. The molecule has 0 aliphatic rings. The summed E-state index contributed by atoms with van der Waals surface area (Å²) in [5.41, 5.74) is 0.395. The minimum atomic E-state index is -4.20. The molecule has 1 heterocycles. The first-order valence-corrected chi connectivity index (χ1v) is 5.03. The molecule has 6 heteroatoms. The second kappa shape index (κ2) is 4.65. The molecule has 82 valence electrons. The molecule has 1 rings (SSSR count). The molecule has 0 saturated heterocycles. The fourth-order valence-electron chi connectivity index (χ4n) is 0.830. The van der Waals surface area contributed by atoms with Gasteiger partial charge in [-0.15, -0.1) is 0 Å². The number of rotatable bonds is 3. The number of hydrogen-bond donors (Lipinski definition) is 0. The van der Waals surface area contributed by atoms with Gasteiger partial charge in [-0.05, 0) is 19.1 Å². The zero-order valence-corrected chi connectivity index (χ0v) is 8.65. The van der Waals surface area contributed by atoms with Crippen LogP contribution in [0.15, 0.2) is 23.4 Å². The third-order valence-corrected chi connectivity index (χ3v) is 2.54. The normalized spacial score (nSPS) is 11.5. The van der Waals surface area contributed by atoms with Crippen LogP contribution in [0, 0.1) is 0 Å². The Labute approximate surface area is 88.9 Å². The summed E-state index contributed by atoms with van der Waals surface area (Å²) in [6.45, 7) is 1.37. The summed E-state index contributed by atoms with van der Waals surface area (Å²) in [6.07, 6.45) is -2.92. The monoisotopic (exact) mass is 235 g/mol. The Morgan fingerprint density at radius 1 is 1.47 bits per heavy atom. The molecule has 0 bridgehead atoms. The molecule has 1 aromatic rings. The lowest BCUT2D eigenvalue weighted by molar-refractivity contribution is -0.105. The van der Waals surface area contributed by atoms with E-state index in [1.54, 1.807) is 0 Å². The van der Waals surface area contributed by atoms with Crippen LogP contribution < -0.4 is 0 Å². The van der Waals surface area contributed by atoms with Gasteiger partial charge in [-0.25, -0.2) is 4.98 Å². The van der Waals surface area contributed by atoms with Crippen LogP contribution in [0.3, 0.4) is 0 Å². The van der Waals surface area contributed by atoms with Crippen molar-refractivity contribution in [2.75, 3.05) is 5.75 Å². The van der Waals surface area contributed by atoms with Crippen LogP contribution in [-0.2, 0) is 0 Å². The van der Waals surface area contributed by atoms with E-state index in [-0.39, 0.29) is 10.8 Å². The molecule has 0 N–H and O–H groups in total. The van der Waals surface area contributed by atoms with Gasteiger partial charge in [0.05, 0.1) is 10.8 Å². The lowest BCUT2D eigenvalue weighted by Gasteiger charge is -2.05. The van der Waals surface area contributed by atoms with Gasteiger partial charge in [-0.3, -0.25) is 4.79 Å². The topological polar surface area (TPSA) is 30.0 Å². The van der Waals surface area contributed by atoms with Gasteiger partial charge in [0.25, 0.3) is 0 Å². The quantitative estimate of drug-likeness (QED) is 0.596. The Bertz CT molecular complexity index is 347. The number of carbonyl (C=O) groups is 1. The maximum atomic E-state index is 11.8. The molecule has 2 nitrogen and oxygen atoms in total. The van der Waals surface area contributed by atoms with Gasteiger partial charge in [-0.1, -0.05) is 11.8 Å². The van der Waals surface area contributed by atoms with E-state index in [0.29, 0.717) is 17.3 Å². The lowest BCUT2D eigenvalue weighted by atomic mass is 10.2. The molecule has 0 atom stereocenters. The van der Waals surface area contributed by atoms with E-state index < -0.39 is 11.9 Å². The summed E-state index contributed by atoms with van der Waals surface area (Å²) in [7, 11) is 0. The van der Waals surface area contributed by atoms with Crippen molar-refractivity contribution < 1.29 is 18.0 Å². The van der Waals surface area contributed by atoms with Crippen molar-refractivity contribution in [2.45, 2.75) is 18.1 Å². The predicted molar refractivity (Wildman–Crippen MR) is 51.0 cm³/mol. The van der Waals surface area contributed by atoms with Crippen LogP contribution in [-0.4, -0.2) is 22.7 Å². The van der Waals surface area contributed by atoms with Crippen LogP contribution in [0.4, 0.5) is 13.2 Å². The summed E-state index contributed by atoms with van der Waals surface area (Å²) in [5, 5.41) is 0.261. The van der Waals surface area contributed by atoms with Crippen LogP contribution in [0.25, 0.3) is 0 Å². The maximum Gasteiger partial charge on any atom is 0.398 e.